The van der Waals surface area contributed by atoms with Gasteiger partial charge >= 0.3 is 6.18 Å². The summed E-state index contributed by atoms with van der Waals surface area (Å²) >= 11 is 0. The SMILES string of the molecule is CN1C(=O)CCC[C@@H]2[C@H]1CCCN2C(=O)c1ccccc1C(F)(F)F. The molecule has 2 atom stereocenters. The van der Waals surface area contributed by atoms with Gasteiger partial charge in [-0.25, -0.2) is 0 Å². The topological polar surface area (TPSA) is 40.6 Å². The number of hydrogen-bond donors (Lipinski definition) is 0. The zero-order chi connectivity index (χ0) is 18.2. The van der Waals surface area contributed by atoms with Gasteiger partial charge in [0.05, 0.1) is 23.2 Å². The van der Waals surface area contributed by atoms with E-state index in [-0.39, 0.29) is 23.6 Å². The number of piperidine rings is 1. The van der Waals surface area contributed by atoms with Gasteiger partial charge in [0.2, 0.25) is 5.91 Å². The largest absolute Gasteiger partial charge is 0.417 e. The summed E-state index contributed by atoms with van der Waals surface area (Å²) in [7, 11) is 1.73. The molecular weight excluding hydrogens is 333 g/mol. The van der Waals surface area contributed by atoms with Crippen LogP contribution in [0.15, 0.2) is 24.3 Å². The average molecular weight is 354 g/mol. The van der Waals surface area contributed by atoms with Gasteiger partial charge in [-0.2, -0.15) is 13.2 Å². The standard InChI is InChI=1S/C18H21F3N2O2/c1-22-14-9-5-11-23(15(14)8-4-10-16(22)24)17(25)12-6-2-3-7-13(12)18(19,20)21/h2-3,6-7,14-15H,4-5,8-11H2,1H3/t14-,15-/m1/s1. The zero-order valence-corrected chi connectivity index (χ0v) is 14.1. The van der Waals surface area contributed by atoms with E-state index in [4.69, 9.17) is 0 Å². The van der Waals surface area contributed by atoms with Gasteiger partial charge in [0.25, 0.3) is 5.91 Å². The summed E-state index contributed by atoms with van der Waals surface area (Å²) in [5.41, 5.74) is -1.21. The van der Waals surface area contributed by atoms with Crippen molar-refractivity contribution in [3.05, 3.63) is 35.4 Å². The Bertz CT molecular complexity index is 675. The first-order valence-electron chi connectivity index (χ1n) is 8.53. The van der Waals surface area contributed by atoms with Crippen molar-refractivity contribution in [3.63, 3.8) is 0 Å². The second-order valence-electron chi connectivity index (χ2n) is 6.72. The molecule has 136 valence electrons. The van der Waals surface area contributed by atoms with E-state index in [1.807, 2.05) is 0 Å². The monoisotopic (exact) mass is 354 g/mol. The molecule has 2 aliphatic heterocycles. The molecule has 0 radical (unpaired) electrons. The maximum absolute atomic E-state index is 13.3. The molecule has 2 saturated heterocycles. The van der Waals surface area contributed by atoms with Crippen LogP contribution in [0.25, 0.3) is 0 Å². The lowest BCUT2D eigenvalue weighted by Gasteiger charge is -2.44. The fraction of sp³-hybridized carbons (Fsp3) is 0.556. The Morgan fingerprint density at radius 3 is 2.52 bits per heavy atom. The number of alkyl halides is 3. The van der Waals surface area contributed by atoms with Crippen molar-refractivity contribution in [1.82, 2.24) is 9.80 Å². The lowest BCUT2D eigenvalue weighted by atomic mass is 9.91. The molecule has 3 rings (SSSR count). The first-order valence-corrected chi connectivity index (χ1v) is 8.53. The summed E-state index contributed by atoms with van der Waals surface area (Å²) in [5, 5.41) is 0. The first kappa shape index (κ1) is 17.8. The summed E-state index contributed by atoms with van der Waals surface area (Å²) in [4.78, 5) is 28.2. The second kappa shape index (κ2) is 6.69. The molecule has 2 heterocycles. The third kappa shape index (κ3) is 3.37. The van der Waals surface area contributed by atoms with Gasteiger partial charge in [-0.1, -0.05) is 12.1 Å². The van der Waals surface area contributed by atoms with Gasteiger partial charge < -0.3 is 9.80 Å². The molecule has 0 unspecified atom stereocenters. The number of benzene rings is 1. The number of carbonyl (C=O) groups is 2. The summed E-state index contributed by atoms with van der Waals surface area (Å²) < 4.78 is 39.8. The van der Waals surface area contributed by atoms with E-state index < -0.39 is 17.6 Å². The van der Waals surface area contributed by atoms with Crippen molar-refractivity contribution < 1.29 is 22.8 Å². The number of rotatable bonds is 1. The highest BCUT2D eigenvalue weighted by Gasteiger charge is 2.42. The van der Waals surface area contributed by atoms with Crippen molar-refractivity contribution >= 4 is 11.8 Å². The van der Waals surface area contributed by atoms with Crippen LogP contribution in [0.2, 0.25) is 0 Å². The van der Waals surface area contributed by atoms with Gasteiger partial charge in [-0.3, -0.25) is 9.59 Å². The Hall–Kier alpha value is -2.05. The van der Waals surface area contributed by atoms with Gasteiger partial charge in [-0.05, 0) is 37.8 Å². The average Bonchev–Trinajstić information content (AvgIpc) is 2.73. The molecule has 0 spiro atoms. The first-order chi connectivity index (χ1) is 11.8. The fourth-order valence-corrected chi connectivity index (χ4v) is 3.98. The Labute approximate surface area is 144 Å². The Balaban J connectivity index is 1.93. The minimum Gasteiger partial charge on any atom is -0.341 e. The number of carbonyl (C=O) groups excluding carboxylic acids is 2. The van der Waals surface area contributed by atoms with E-state index in [1.165, 1.54) is 18.2 Å². The Kier molecular flexibility index (Phi) is 4.75. The minimum atomic E-state index is -4.57. The fourth-order valence-electron chi connectivity index (χ4n) is 3.98. The van der Waals surface area contributed by atoms with Crippen molar-refractivity contribution in [3.8, 4) is 0 Å². The molecule has 0 N–H and O–H groups in total. The summed E-state index contributed by atoms with van der Waals surface area (Å²) in [6.45, 7) is 0.425. The van der Waals surface area contributed by atoms with Crippen molar-refractivity contribution in [2.24, 2.45) is 0 Å². The minimum absolute atomic E-state index is 0.0393. The number of halogens is 3. The van der Waals surface area contributed by atoms with Gasteiger partial charge in [0.15, 0.2) is 0 Å². The number of hydrogen-bond acceptors (Lipinski definition) is 2. The molecule has 7 heteroatoms. The number of likely N-dealkylation sites (tertiary alicyclic amines) is 2. The van der Waals surface area contributed by atoms with Crippen LogP contribution in [0.4, 0.5) is 13.2 Å². The molecule has 1 aromatic rings. The maximum atomic E-state index is 13.3. The molecule has 2 fully saturated rings. The van der Waals surface area contributed by atoms with E-state index in [9.17, 15) is 22.8 Å². The van der Waals surface area contributed by atoms with Crippen molar-refractivity contribution in [1.29, 1.82) is 0 Å². The number of likely N-dealkylation sites (N-methyl/N-ethyl adjacent to an activating group) is 1. The van der Waals surface area contributed by atoms with E-state index in [0.717, 1.165) is 12.5 Å². The van der Waals surface area contributed by atoms with Gasteiger partial charge in [0, 0.05) is 20.0 Å². The predicted molar refractivity (Wildman–Crippen MR) is 85.9 cm³/mol. The molecule has 1 aromatic carbocycles. The highest BCUT2D eigenvalue weighted by atomic mass is 19.4. The number of fused-ring (bicyclic) bond motifs is 1. The normalized spacial score (nSPS) is 24.7. The molecular formula is C18H21F3N2O2. The van der Waals surface area contributed by atoms with Crippen LogP contribution in [0.1, 0.15) is 48.0 Å². The van der Waals surface area contributed by atoms with Crippen LogP contribution in [-0.4, -0.2) is 47.3 Å². The highest BCUT2D eigenvalue weighted by Crippen LogP contribution is 2.35. The molecule has 0 aromatic heterocycles. The van der Waals surface area contributed by atoms with Crippen molar-refractivity contribution in [2.45, 2.75) is 50.4 Å². The van der Waals surface area contributed by atoms with E-state index in [0.29, 0.717) is 32.2 Å². The molecule has 2 aliphatic rings. The smallest absolute Gasteiger partial charge is 0.341 e. The van der Waals surface area contributed by atoms with Crippen LogP contribution < -0.4 is 0 Å². The lowest BCUT2D eigenvalue weighted by Crippen LogP contribution is -2.56. The number of amides is 2. The Morgan fingerprint density at radius 2 is 1.80 bits per heavy atom. The third-order valence-corrected chi connectivity index (χ3v) is 5.25. The van der Waals surface area contributed by atoms with Crippen LogP contribution in [-0.2, 0) is 11.0 Å². The molecule has 2 amide bonds. The molecule has 0 saturated carbocycles. The predicted octanol–water partition coefficient (Wildman–Crippen LogP) is 3.32. The molecule has 4 nitrogen and oxygen atoms in total. The molecule has 0 bridgehead atoms. The highest BCUT2D eigenvalue weighted by molar-refractivity contribution is 5.96. The van der Waals surface area contributed by atoms with Crippen molar-refractivity contribution in [2.75, 3.05) is 13.6 Å². The van der Waals surface area contributed by atoms with E-state index in [2.05, 4.69) is 0 Å². The van der Waals surface area contributed by atoms with E-state index in [1.54, 1.807) is 16.8 Å². The van der Waals surface area contributed by atoms with Crippen LogP contribution >= 0.6 is 0 Å². The van der Waals surface area contributed by atoms with Gasteiger partial charge in [-0.15, -0.1) is 0 Å². The van der Waals surface area contributed by atoms with Crippen LogP contribution in [0, 0.1) is 0 Å². The summed E-state index contributed by atoms with van der Waals surface area (Å²) in [6, 6.07) is 4.57. The van der Waals surface area contributed by atoms with E-state index >= 15 is 0 Å². The molecule has 0 aliphatic carbocycles. The number of nitrogens with zero attached hydrogens (tertiary/aromatic N) is 2. The maximum Gasteiger partial charge on any atom is 0.417 e. The second-order valence-corrected chi connectivity index (χ2v) is 6.72. The third-order valence-electron chi connectivity index (χ3n) is 5.25. The molecule has 25 heavy (non-hydrogen) atoms. The summed E-state index contributed by atoms with van der Waals surface area (Å²) in [5.74, 6) is -0.553. The lowest BCUT2D eigenvalue weighted by molar-refractivity contribution is -0.138. The zero-order valence-electron chi connectivity index (χ0n) is 14.1. The van der Waals surface area contributed by atoms with Crippen LogP contribution in [0.5, 0.6) is 0 Å². The summed E-state index contributed by atoms with van der Waals surface area (Å²) in [6.07, 6.45) is -1.41. The Morgan fingerprint density at radius 1 is 1.12 bits per heavy atom. The van der Waals surface area contributed by atoms with Gasteiger partial charge in [0.1, 0.15) is 0 Å². The van der Waals surface area contributed by atoms with Crippen LogP contribution in [0.3, 0.4) is 0 Å². The quantitative estimate of drug-likeness (QED) is 0.776.